The molecule has 0 amide bonds. The molecule has 1 aromatic heterocycles. The van der Waals surface area contributed by atoms with Gasteiger partial charge in [-0.25, -0.2) is 5.43 Å². The van der Waals surface area contributed by atoms with Crippen LogP contribution in [0.5, 0.6) is 0 Å². The molecule has 5 heteroatoms. The van der Waals surface area contributed by atoms with Gasteiger partial charge in [-0.15, -0.1) is 11.3 Å². The molecule has 0 spiro atoms. The molecule has 0 bridgehead atoms. The van der Waals surface area contributed by atoms with E-state index in [1.807, 2.05) is 36.4 Å². The normalized spacial score (nSPS) is 12.7. The van der Waals surface area contributed by atoms with Crippen molar-refractivity contribution in [1.29, 1.82) is 0 Å². The number of nitrogens with two attached hydrogens (primary N) is 1. The van der Waals surface area contributed by atoms with Gasteiger partial charge in [0.25, 0.3) is 0 Å². The molecule has 1 heterocycles. The van der Waals surface area contributed by atoms with Crippen molar-refractivity contribution in [2.24, 2.45) is 5.84 Å². The Morgan fingerprint density at radius 3 is 2.56 bits per heavy atom. The van der Waals surface area contributed by atoms with Crippen LogP contribution in [0, 0.1) is 0 Å². The van der Waals surface area contributed by atoms with Crippen LogP contribution in [0.2, 0.25) is 5.02 Å². The summed E-state index contributed by atoms with van der Waals surface area (Å²) in [5.41, 5.74) is 3.78. The third kappa shape index (κ3) is 2.47. The third-order valence-electron chi connectivity index (χ3n) is 2.26. The Hall–Kier alpha value is -0.390. The number of benzene rings is 1. The Morgan fingerprint density at radius 2 is 2.00 bits per heavy atom. The predicted octanol–water partition coefficient (Wildman–Crippen LogP) is 3.72. The van der Waals surface area contributed by atoms with Crippen molar-refractivity contribution in [2.45, 2.75) is 6.04 Å². The van der Waals surface area contributed by atoms with Crippen molar-refractivity contribution in [2.75, 3.05) is 0 Å². The second-order valence-corrected chi connectivity index (χ2v) is 6.16. The van der Waals surface area contributed by atoms with E-state index in [2.05, 4.69) is 21.4 Å². The van der Waals surface area contributed by atoms with Crippen molar-refractivity contribution in [1.82, 2.24) is 5.43 Å². The number of hydrogen-bond donors (Lipinski definition) is 2. The van der Waals surface area contributed by atoms with E-state index in [1.165, 1.54) is 0 Å². The summed E-state index contributed by atoms with van der Waals surface area (Å²) < 4.78 is 1.08. The second kappa shape index (κ2) is 5.29. The van der Waals surface area contributed by atoms with Crippen molar-refractivity contribution in [3.05, 3.63) is 55.6 Å². The van der Waals surface area contributed by atoms with E-state index in [-0.39, 0.29) is 6.04 Å². The van der Waals surface area contributed by atoms with Crippen LogP contribution in [0.25, 0.3) is 0 Å². The smallest absolute Gasteiger partial charge is 0.0817 e. The molecule has 1 atom stereocenters. The van der Waals surface area contributed by atoms with E-state index >= 15 is 0 Å². The van der Waals surface area contributed by atoms with E-state index in [0.717, 1.165) is 19.2 Å². The Bertz CT molecular complexity index is 486. The van der Waals surface area contributed by atoms with Crippen molar-refractivity contribution < 1.29 is 0 Å². The minimum Gasteiger partial charge on any atom is -0.271 e. The number of thiophene rings is 1. The fourth-order valence-electron chi connectivity index (χ4n) is 1.52. The molecule has 1 aromatic carbocycles. The zero-order valence-corrected chi connectivity index (χ0v) is 11.4. The molecule has 84 valence electrons. The molecule has 3 N–H and O–H groups in total. The summed E-state index contributed by atoms with van der Waals surface area (Å²) >= 11 is 11.2. The number of rotatable bonds is 3. The van der Waals surface area contributed by atoms with Crippen LogP contribution in [-0.2, 0) is 0 Å². The molecular formula is C11H10BrClN2S. The van der Waals surface area contributed by atoms with Crippen molar-refractivity contribution in [3.63, 3.8) is 0 Å². The Kier molecular flexibility index (Phi) is 4.00. The highest BCUT2D eigenvalue weighted by atomic mass is 79.9. The first-order valence-corrected chi connectivity index (χ1v) is 6.67. The van der Waals surface area contributed by atoms with Gasteiger partial charge >= 0.3 is 0 Å². The van der Waals surface area contributed by atoms with Gasteiger partial charge in [0.2, 0.25) is 0 Å². The van der Waals surface area contributed by atoms with E-state index in [1.54, 1.807) is 11.3 Å². The lowest BCUT2D eigenvalue weighted by molar-refractivity contribution is 0.647. The number of hydrazine groups is 1. The molecular weight excluding hydrogens is 308 g/mol. The zero-order chi connectivity index (χ0) is 11.5. The summed E-state index contributed by atoms with van der Waals surface area (Å²) in [6, 6.07) is 11.7. The van der Waals surface area contributed by atoms with Gasteiger partial charge in [-0.2, -0.15) is 0 Å². The van der Waals surface area contributed by atoms with E-state index in [0.29, 0.717) is 0 Å². The molecule has 0 fully saturated rings. The molecule has 16 heavy (non-hydrogen) atoms. The van der Waals surface area contributed by atoms with Gasteiger partial charge in [0.05, 0.1) is 9.83 Å². The van der Waals surface area contributed by atoms with Gasteiger partial charge in [-0.3, -0.25) is 5.84 Å². The number of nitrogens with one attached hydrogen (secondary N) is 1. The van der Waals surface area contributed by atoms with Gasteiger partial charge in [0.1, 0.15) is 0 Å². The van der Waals surface area contributed by atoms with Crippen LogP contribution in [0.1, 0.15) is 16.5 Å². The summed E-state index contributed by atoms with van der Waals surface area (Å²) in [5.74, 6) is 5.60. The maximum atomic E-state index is 6.15. The maximum absolute atomic E-state index is 6.15. The van der Waals surface area contributed by atoms with Gasteiger partial charge in [0, 0.05) is 9.90 Å². The monoisotopic (exact) mass is 316 g/mol. The number of halogens is 2. The summed E-state index contributed by atoms with van der Waals surface area (Å²) in [7, 11) is 0. The molecule has 0 saturated heterocycles. The standard InChI is InChI=1S/C11H10BrClN2S/c12-10-6-5-9(16-10)11(15-14)7-3-1-2-4-8(7)13/h1-6,11,15H,14H2. The third-order valence-corrected chi connectivity index (χ3v) is 4.29. The lowest BCUT2D eigenvalue weighted by Gasteiger charge is -2.15. The molecule has 0 aliphatic rings. The van der Waals surface area contributed by atoms with Crippen molar-refractivity contribution in [3.8, 4) is 0 Å². The van der Waals surface area contributed by atoms with Gasteiger partial charge < -0.3 is 0 Å². The molecule has 2 aromatic rings. The molecule has 0 aliphatic carbocycles. The van der Waals surface area contributed by atoms with Crippen LogP contribution < -0.4 is 11.3 Å². The van der Waals surface area contributed by atoms with Crippen LogP contribution in [0.15, 0.2) is 40.2 Å². The number of hydrogen-bond acceptors (Lipinski definition) is 3. The topological polar surface area (TPSA) is 38.0 Å². The molecule has 0 saturated carbocycles. The first-order valence-electron chi connectivity index (χ1n) is 4.68. The van der Waals surface area contributed by atoms with E-state index in [4.69, 9.17) is 17.4 Å². The lowest BCUT2D eigenvalue weighted by Crippen LogP contribution is -2.28. The largest absolute Gasteiger partial charge is 0.271 e. The highest BCUT2D eigenvalue weighted by molar-refractivity contribution is 9.11. The van der Waals surface area contributed by atoms with Gasteiger partial charge in [-0.1, -0.05) is 29.8 Å². The molecule has 0 aliphatic heterocycles. The highest BCUT2D eigenvalue weighted by Gasteiger charge is 2.16. The van der Waals surface area contributed by atoms with E-state index < -0.39 is 0 Å². The first kappa shape index (κ1) is 12.1. The van der Waals surface area contributed by atoms with Gasteiger partial charge in [-0.05, 0) is 39.7 Å². The fourth-order valence-corrected chi connectivity index (χ4v) is 3.27. The highest BCUT2D eigenvalue weighted by Crippen LogP contribution is 2.33. The lowest BCUT2D eigenvalue weighted by atomic mass is 10.1. The Labute approximate surface area is 112 Å². The zero-order valence-electron chi connectivity index (χ0n) is 8.28. The second-order valence-electron chi connectivity index (χ2n) is 3.26. The quantitative estimate of drug-likeness (QED) is 0.669. The summed E-state index contributed by atoms with van der Waals surface area (Å²) in [6.45, 7) is 0. The summed E-state index contributed by atoms with van der Waals surface area (Å²) in [4.78, 5) is 1.13. The maximum Gasteiger partial charge on any atom is 0.0817 e. The van der Waals surface area contributed by atoms with Crippen LogP contribution in [0.3, 0.4) is 0 Å². The fraction of sp³-hybridized carbons (Fsp3) is 0.0909. The predicted molar refractivity (Wildman–Crippen MR) is 72.6 cm³/mol. The summed E-state index contributed by atoms with van der Waals surface area (Å²) in [6.07, 6.45) is 0. The molecule has 2 nitrogen and oxygen atoms in total. The Balaban J connectivity index is 2.40. The molecule has 1 unspecified atom stereocenters. The average molecular weight is 318 g/mol. The van der Waals surface area contributed by atoms with Crippen molar-refractivity contribution >= 4 is 38.9 Å². The SMILES string of the molecule is NNC(c1ccc(Br)s1)c1ccccc1Cl. The minimum atomic E-state index is -0.0648. The van der Waals surface area contributed by atoms with Gasteiger partial charge in [0.15, 0.2) is 0 Å². The van der Waals surface area contributed by atoms with E-state index in [9.17, 15) is 0 Å². The average Bonchev–Trinajstić information content (AvgIpc) is 2.69. The van der Waals surface area contributed by atoms with Crippen LogP contribution in [-0.4, -0.2) is 0 Å². The van der Waals surface area contributed by atoms with Crippen LogP contribution >= 0.6 is 38.9 Å². The van der Waals surface area contributed by atoms with Crippen LogP contribution in [0.4, 0.5) is 0 Å². The first-order chi connectivity index (χ1) is 7.72. The Morgan fingerprint density at radius 1 is 1.25 bits per heavy atom. The summed E-state index contributed by atoms with van der Waals surface area (Å²) in [5, 5.41) is 0.718. The minimum absolute atomic E-state index is 0.0648. The molecule has 2 rings (SSSR count). The molecule has 0 radical (unpaired) electrons.